The summed E-state index contributed by atoms with van der Waals surface area (Å²) in [5.41, 5.74) is -0.0375. The lowest BCUT2D eigenvalue weighted by Gasteiger charge is -2.28. The Hall–Kier alpha value is -1.03. The average molecular weight is 256 g/mol. The van der Waals surface area contributed by atoms with Crippen LogP contribution >= 0.6 is 11.6 Å². The second-order valence-electron chi connectivity index (χ2n) is 4.52. The molecule has 0 aromatic carbocycles. The number of hydrogen-bond acceptors (Lipinski definition) is 3. The minimum absolute atomic E-state index is 0.0375. The van der Waals surface area contributed by atoms with E-state index in [-0.39, 0.29) is 11.6 Å². The number of hydrogen-bond donors (Lipinski definition) is 0. The van der Waals surface area contributed by atoms with Crippen molar-refractivity contribution in [1.29, 1.82) is 0 Å². The zero-order valence-electron chi connectivity index (χ0n) is 10.1. The van der Waals surface area contributed by atoms with Crippen molar-refractivity contribution in [2.75, 3.05) is 17.3 Å². The maximum absolute atomic E-state index is 12.1. The minimum Gasteiger partial charge on any atom is -0.348 e. The third kappa shape index (κ3) is 2.63. The molecular weight excluding hydrogens is 238 g/mol. The van der Waals surface area contributed by atoms with E-state index in [9.17, 15) is 4.79 Å². The van der Waals surface area contributed by atoms with Crippen LogP contribution < -0.4 is 10.5 Å². The molecule has 1 aromatic heterocycles. The molecule has 0 spiro atoms. The van der Waals surface area contributed by atoms with Crippen LogP contribution in [0.25, 0.3) is 0 Å². The van der Waals surface area contributed by atoms with Gasteiger partial charge in [0, 0.05) is 37.9 Å². The summed E-state index contributed by atoms with van der Waals surface area (Å²) < 4.78 is 1.57. The van der Waals surface area contributed by atoms with E-state index in [1.165, 1.54) is 12.8 Å². The first kappa shape index (κ1) is 12.4. The van der Waals surface area contributed by atoms with Gasteiger partial charge in [-0.25, -0.2) is 4.98 Å². The molecule has 5 heteroatoms. The fraction of sp³-hybridized carbons (Fsp3) is 0.667. The number of anilines is 1. The van der Waals surface area contributed by atoms with Crippen molar-refractivity contribution in [1.82, 2.24) is 9.55 Å². The van der Waals surface area contributed by atoms with Crippen molar-refractivity contribution in [2.45, 2.75) is 31.7 Å². The van der Waals surface area contributed by atoms with E-state index in [0.29, 0.717) is 11.7 Å². The summed E-state index contributed by atoms with van der Waals surface area (Å²) in [7, 11) is 1.75. The number of aryl methyl sites for hydroxylation is 1. The maximum Gasteiger partial charge on any atom is 0.293 e. The van der Waals surface area contributed by atoms with Crippen LogP contribution in [0.2, 0.25) is 0 Å². The van der Waals surface area contributed by atoms with E-state index in [4.69, 9.17) is 11.6 Å². The van der Waals surface area contributed by atoms with Crippen molar-refractivity contribution < 1.29 is 0 Å². The van der Waals surface area contributed by atoms with E-state index in [1.807, 2.05) is 0 Å². The second-order valence-corrected chi connectivity index (χ2v) is 4.83. The highest BCUT2D eigenvalue weighted by atomic mass is 35.5. The minimum atomic E-state index is -0.0375. The molecule has 1 unspecified atom stereocenters. The number of halogens is 1. The van der Waals surface area contributed by atoms with Crippen molar-refractivity contribution in [2.24, 2.45) is 7.05 Å². The zero-order valence-corrected chi connectivity index (χ0v) is 10.9. The first-order chi connectivity index (χ1) is 8.24. The van der Waals surface area contributed by atoms with Crippen molar-refractivity contribution in [3.05, 3.63) is 22.7 Å². The van der Waals surface area contributed by atoms with Gasteiger partial charge in [-0.05, 0) is 12.8 Å². The molecule has 1 saturated heterocycles. The lowest BCUT2D eigenvalue weighted by atomic mass is 10.1. The van der Waals surface area contributed by atoms with Crippen LogP contribution in [0.3, 0.4) is 0 Å². The number of aromatic nitrogens is 2. The highest BCUT2D eigenvalue weighted by molar-refractivity contribution is 6.18. The van der Waals surface area contributed by atoms with Crippen molar-refractivity contribution >= 4 is 17.4 Å². The fourth-order valence-electron chi connectivity index (χ4n) is 2.30. The largest absolute Gasteiger partial charge is 0.348 e. The standard InChI is InChI=1S/C12H18ClN3O/c1-15-8-6-14-11(12(15)17)16-7-4-2-3-5-10(16)9-13/h6,8,10H,2-5,7,9H2,1H3. The molecule has 1 atom stereocenters. The summed E-state index contributed by atoms with van der Waals surface area (Å²) in [6, 6.07) is 0.238. The second kappa shape index (κ2) is 5.54. The zero-order chi connectivity index (χ0) is 12.3. The molecule has 1 aliphatic heterocycles. The molecule has 4 nitrogen and oxygen atoms in total. The normalized spacial score (nSPS) is 21.3. The van der Waals surface area contributed by atoms with Gasteiger partial charge in [0.2, 0.25) is 0 Å². The molecule has 2 heterocycles. The quantitative estimate of drug-likeness (QED) is 0.756. The maximum atomic E-state index is 12.1. The summed E-state index contributed by atoms with van der Waals surface area (Å²) in [5.74, 6) is 1.10. The van der Waals surface area contributed by atoms with Crippen LogP contribution in [0, 0.1) is 0 Å². The van der Waals surface area contributed by atoms with Gasteiger partial charge in [-0.15, -0.1) is 11.6 Å². The van der Waals surface area contributed by atoms with Gasteiger partial charge < -0.3 is 9.47 Å². The van der Waals surface area contributed by atoms with Crippen molar-refractivity contribution in [3.8, 4) is 0 Å². The van der Waals surface area contributed by atoms with E-state index >= 15 is 0 Å². The average Bonchev–Trinajstić information content (AvgIpc) is 2.57. The van der Waals surface area contributed by atoms with Crippen LogP contribution in [0.15, 0.2) is 17.2 Å². The summed E-state index contributed by atoms with van der Waals surface area (Å²) >= 11 is 6.01. The SMILES string of the molecule is Cn1ccnc(N2CCCCCC2CCl)c1=O. The topological polar surface area (TPSA) is 38.1 Å². The Balaban J connectivity index is 2.35. The Morgan fingerprint density at radius 3 is 3.06 bits per heavy atom. The Labute approximate surface area is 106 Å². The highest BCUT2D eigenvalue weighted by Crippen LogP contribution is 2.20. The van der Waals surface area contributed by atoms with E-state index in [2.05, 4.69) is 9.88 Å². The third-order valence-corrected chi connectivity index (χ3v) is 3.68. The van der Waals surface area contributed by atoms with Crippen LogP contribution in [0.5, 0.6) is 0 Å². The van der Waals surface area contributed by atoms with E-state index < -0.39 is 0 Å². The molecule has 2 rings (SSSR count). The van der Waals surface area contributed by atoms with Gasteiger partial charge in [-0.3, -0.25) is 4.79 Å². The van der Waals surface area contributed by atoms with Crippen LogP contribution in [-0.2, 0) is 7.05 Å². The Kier molecular flexibility index (Phi) is 4.05. The highest BCUT2D eigenvalue weighted by Gasteiger charge is 2.23. The molecule has 0 bridgehead atoms. The monoisotopic (exact) mass is 255 g/mol. The van der Waals surface area contributed by atoms with Gasteiger partial charge in [-0.2, -0.15) is 0 Å². The first-order valence-corrected chi connectivity index (χ1v) is 6.61. The summed E-state index contributed by atoms with van der Waals surface area (Å²) in [4.78, 5) is 18.4. The predicted molar refractivity (Wildman–Crippen MR) is 69.8 cm³/mol. The van der Waals surface area contributed by atoms with Gasteiger partial charge in [0.15, 0.2) is 5.82 Å². The fourth-order valence-corrected chi connectivity index (χ4v) is 2.62. The molecule has 1 aliphatic rings. The molecule has 0 aliphatic carbocycles. The molecule has 1 fully saturated rings. The van der Waals surface area contributed by atoms with Gasteiger partial charge in [0.05, 0.1) is 0 Å². The van der Waals surface area contributed by atoms with Gasteiger partial charge in [-0.1, -0.05) is 12.8 Å². The third-order valence-electron chi connectivity index (χ3n) is 3.33. The summed E-state index contributed by atoms with van der Waals surface area (Å²) in [6.45, 7) is 0.879. The molecule has 0 N–H and O–H groups in total. The van der Waals surface area contributed by atoms with E-state index in [1.54, 1.807) is 24.0 Å². The number of rotatable bonds is 2. The summed E-state index contributed by atoms with van der Waals surface area (Å²) in [6.07, 6.45) is 7.89. The van der Waals surface area contributed by atoms with Gasteiger partial charge >= 0.3 is 0 Å². The molecular formula is C12H18ClN3O. The van der Waals surface area contributed by atoms with Gasteiger partial charge in [0.1, 0.15) is 0 Å². The lowest BCUT2D eigenvalue weighted by molar-refractivity contribution is 0.610. The summed E-state index contributed by atoms with van der Waals surface area (Å²) in [5, 5.41) is 0. The Morgan fingerprint density at radius 1 is 1.47 bits per heavy atom. The molecule has 0 amide bonds. The van der Waals surface area contributed by atoms with Crippen LogP contribution in [0.1, 0.15) is 25.7 Å². The first-order valence-electron chi connectivity index (χ1n) is 6.08. The lowest BCUT2D eigenvalue weighted by Crippen LogP contribution is -2.41. The molecule has 1 aromatic rings. The molecule has 94 valence electrons. The number of alkyl halides is 1. The number of nitrogens with zero attached hydrogens (tertiary/aromatic N) is 3. The van der Waals surface area contributed by atoms with Crippen LogP contribution in [0.4, 0.5) is 5.82 Å². The Morgan fingerprint density at radius 2 is 2.29 bits per heavy atom. The smallest absolute Gasteiger partial charge is 0.293 e. The molecule has 0 saturated carbocycles. The predicted octanol–water partition coefficient (Wildman–Crippen LogP) is 1.77. The molecule has 0 radical (unpaired) electrons. The Bertz CT molecular complexity index is 432. The van der Waals surface area contributed by atoms with Crippen LogP contribution in [-0.4, -0.2) is 28.0 Å². The van der Waals surface area contributed by atoms with Crippen molar-refractivity contribution in [3.63, 3.8) is 0 Å². The molecule has 17 heavy (non-hydrogen) atoms. The van der Waals surface area contributed by atoms with E-state index in [0.717, 1.165) is 19.4 Å². The van der Waals surface area contributed by atoms with Gasteiger partial charge in [0.25, 0.3) is 5.56 Å².